The summed E-state index contributed by atoms with van der Waals surface area (Å²) in [5.74, 6) is 0.148. The second-order valence-corrected chi connectivity index (χ2v) is 4.64. The largest absolute Gasteiger partial charge is 0.390 e. The standard InChI is InChI=1S/C10H14N6O3/c11-8-5-9(15-10(12)14-8)16(2-13-5)3-1-4(17)7(19)6(3)18/h2-4,6-7,17-19H,1H2,(H4,11,12,14,15)/t3?,4-,6+,7-/m0/s1. The molecule has 9 nitrogen and oxygen atoms in total. The van der Waals surface area contributed by atoms with Crippen molar-refractivity contribution in [1.29, 1.82) is 0 Å². The molecule has 0 bridgehead atoms. The molecule has 0 spiro atoms. The summed E-state index contributed by atoms with van der Waals surface area (Å²) in [4.78, 5) is 11.9. The van der Waals surface area contributed by atoms with Gasteiger partial charge in [-0.25, -0.2) is 4.98 Å². The number of nitrogens with zero attached hydrogens (tertiary/aromatic N) is 4. The van der Waals surface area contributed by atoms with Crippen LogP contribution in [0.15, 0.2) is 6.33 Å². The normalized spacial score (nSPS) is 31.1. The van der Waals surface area contributed by atoms with Crippen LogP contribution >= 0.6 is 0 Å². The van der Waals surface area contributed by atoms with E-state index in [0.717, 1.165) is 0 Å². The summed E-state index contributed by atoms with van der Waals surface area (Å²) in [7, 11) is 0. The topological polar surface area (TPSA) is 156 Å². The number of hydrogen-bond donors (Lipinski definition) is 5. The molecule has 0 aliphatic heterocycles. The number of fused-ring (bicyclic) bond motifs is 1. The van der Waals surface area contributed by atoms with E-state index >= 15 is 0 Å². The Hall–Kier alpha value is -1.97. The molecule has 1 fully saturated rings. The first-order valence-electron chi connectivity index (χ1n) is 5.78. The number of aliphatic hydroxyl groups excluding tert-OH is 3. The van der Waals surface area contributed by atoms with Gasteiger partial charge in [-0.05, 0) is 6.42 Å². The van der Waals surface area contributed by atoms with E-state index in [0.29, 0.717) is 11.2 Å². The summed E-state index contributed by atoms with van der Waals surface area (Å²) in [5.41, 5.74) is 12.0. The van der Waals surface area contributed by atoms with Gasteiger partial charge in [-0.1, -0.05) is 0 Å². The number of imidazole rings is 1. The Balaban J connectivity index is 2.11. The van der Waals surface area contributed by atoms with E-state index in [-0.39, 0.29) is 18.2 Å². The Morgan fingerprint density at radius 3 is 2.53 bits per heavy atom. The smallest absolute Gasteiger partial charge is 0.224 e. The average molecular weight is 266 g/mol. The molecule has 2 aromatic heterocycles. The molecule has 3 rings (SSSR count). The molecule has 7 N–H and O–H groups in total. The SMILES string of the molecule is Nc1nc(N)c2ncn(C3C[C@H](O)[C@H](O)[C@@H]3O)c2n1. The van der Waals surface area contributed by atoms with Crippen molar-refractivity contribution >= 4 is 22.9 Å². The fourth-order valence-corrected chi connectivity index (χ4v) is 2.46. The summed E-state index contributed by atoms with van der Waals surface area (Å²) in [6, 6.07) is -0.538. The zero-order chi connectivity index (χ0) is 13.7. The van der Waals surface area contributed by atoms with Gasteiger partial charge in [-0.15, -0.1) is 0 Å². The third-order valence-corrected chi connectivity index (χ3v) is 3.44. The van der Waals surface area contributed by atoms with E-state index in [9.17, 15) is 15.3 Å². The minimum atomic E-state index is -1.20. The molecule has 1 aliphatic rings. The van der Waals surface area contributed by atoms with Gasteiger partial charge in [-0.2, -0.15) is 9.97 Å². The molecule has 1 saturated carbocycles. The Morgan fingerprint density at radius 1 is 1.16 bits per heavy atom. The zero-order valence-corrected chi connectivity index (χ0v) is 9.88. The van der Waals surface area contributed by atoms with E-state index < -0.39 is 24.4 Å². The Bertz CT molecular complexity index is 629. The van der Waals surface area contributed by atoms with Crippen LogP contribution in [0.3, 0.4) is 0 Å². The fourth-order valence-electron chi connectivity index (χ4n) is 2.46. The monoisotopic (exact) mass is 266 g/mol. The van der Waals surface area contributed by atoms with Gasteiger partial charge in [0.25, 0.3) is 0 Å². The molecule has 0 aromatic carbocycles. The molecule has 0 radical (unpaired) electrons. The lowest BCUT2D eigenvalue weighted by molar-refractivity contribution is -0.0244. The van der Waals surface area contributed by atoms with Crippen LogP contribution in [0.5, 0.6) is 0 Å². The van der Waals surface area contributed by atoms with Gasteiger partial charge in [0.05, 0.1) is 18.5 Å². The van der Waals surface area contributed by atoms with Crippen molar-refractivity contribution in [1.82, 2.24) is 19.5 Å². The van der Waals surface area contributed by atoms with Crippen LogP contribution in [0.2, 0.25) is 0 Å². The van der Waals surface area contributed by atoms with E-state index in [2.05, 4.69) is 15.0 Å². The van der Waals surface area contributed by atoms with Gasteiger partial charge >= 0.3 is 0 Å². The van der Waals surface area contributed by atoms with E-state index in [1.807, 2.05) is 0 Å². The van der Waals surface area contributed by atoms with E-state index in [1.54, 1.807) is 4.57 Å². The third kappa shape index (κ3) is 1.70. The maximum absolute atomic E-state index is 9.93. The summed E-state index contributed by atoms with van der Waals surface area (Å²) < 4.78 is 1.55. The predicted molar refractivity (Wildman–Crippen MR) is 65.8 cm³/mol. The number of anilines is 2. The Kier molecular flexibility index (Phi) is 2.55. The molecule has 102 valence electrons. The molecule has 1 unspecified atom stereocenters. The first kappa shape index (κ1) is 12.1. The van der Waals surface area contributed by atoms with Crippen LogP contribution < -0.4 is 11.5 Å². The number of aliphatic hydroxyl groups is 3. The van der Waals surface area contributed by atoms with Crippen molar-refractivity contribution in [2.75, 3.05) is 11.5 Å². The van der Waals surface area contributed by atoms with Crippen molar-refractivity contribution < 1.29 is 15.3 Å². The maximum Gasteiger partial charge on any atom is 0.224 e. The summed E-state index contributed by atoms with van der Waals surface area (Å²) in [5, 5.41) is 29.1. The molecule has 4 atom stereocenters. The fraction of sp³-hybridized carbons (Fsp3) is 0.500. The maximum atomic E-state index is 9.93. The number of nitrogen functional groups attached to an aromatic ring is 2. The summed E-state index contributed by atoms with van der Waals surface area (Å²) >= 11 is 0. The highest BCUT2D eigenvalue weighted by Crippen LogP contribution is 2.33. The lowest BCUT2D eigenvalue weighted by Gasteiger charge is -2.17. The van der Waals surface area contributed by atoms with Crippen LogP contribution in [0.1, 0.15) is 12.5 Å². The second-order valence-electron chi connectivity index (χ2n) is 4.64. The van der Waals surface area contributed by atoms with Crippen LogP contribution in [-0.2, 0) is 0 Å². The van der Waals surface area contributed by atoms with Gasteiger partial charge in [-0.3, -0.25) is 0 Å². The number of aromatic nitrogens is 4. The van der Waals surface area contributed by atoms with Gasteiger partial charge < -0.3 is 31.4 Å². The number of hydrogen-bond acceptors (Lipinski definition) is 8. The molecule has 2 aromatic rings. The molecule has 1 aliphatic carbocycles. The minimum absolute atomic E-state index is 0.000309. The Labute approximate surface area is 107 Å². The van der Waals surface area contributed by atoms with Crippen molar-refractivity contribution in [2.45, 2.75) is 30.8 Å². The predicted octanol–water partition coefficient (Wildman–Crippen LogP) is -1.98. The average Bonchev–Trinajstić information content (AvgIpc) is 2.86. The van der Waals surface area contributed by atoms with Gasteiger partial charge in [0, 0.05) is 0 Å². The van der Waals surface area contributed by atoms with E-state index in [1.165, 1.54) is 6.33 Å². The molecule has 9 heteroatoms. The number of nitrogens with two attached hydrogens (primary N) is 2. The highest BCUT2D eigenvalue weighted by molar-refractivity contribution is 5.82. The number of rotatable bonds is 1. The zero-order valence-electron chi connectivity index (χ0n) is 9.88. The molecule has 2 heterocycles. The summed E-state index contributed by atoms with van der Waals surface area (Å²) in [6.07, 6.45) is -1.66. The third-order valence-electron chi connectivity index (χ3n) is 3.44. The molecular formula is C10H14N6O3. The first-order chi connectivity index (χ1) is 8.99. The van der Waals surface area contributed by atoms with Gasteiger partial charge in [0.2, 0.25) is 5.95 Å². The van der Waals surface area contributed by atoms with Crippen molar-refractivity contribution in [2.24, 2.45) is 0 Å². The van der Waals surface area contributed by atoms with Crippen LogP contribution in [0.25, 0.3) is 11.2 Å². The summed E-state index contributed by atoms with van der Waals surface area (Å²) in [6.45, 7) is 0. The first-order valence-corrected chi connectivity index (χ1v) is 5.78. The lowest BCUT2D eigenvalue weighted by Crippen LogP contribution is -2.31. The van der Waals surface area contributed by atoms with Crippen molar-refractivity contribution in [3.63, 3.8) is 0 Å². The van der Waals surface area contributed by atoms with Crippen LogP contribution in [0.4, 0.5) is 11.8 Å². The Morgan fingerprint density at radius 2 is 1.89 bits per heavy atom. The van der Waals surface area contributed by atoms with Crippen molar-refractivity contribution in [3.05, 3.63) is 6.33 Å². The van der Waals surface area contributed by atoms with Crippen molar-refractivity contribution in [3.8, 4) is 0 Å². The lowest BCUT2D eigenvalue weighted by atomic mass is 10.2. The molecule has 0 saturated heterocycles. The second kappa shape index (κ2) is 4.02. The van der Waals surface area contributed by atoms with Crippen LogP contribution in [-0.4, -0.2) is 53.2 Å². The van der Waals surface area contributed by atoms with Crippen LogP contribution in [0, 0.1) is 0 Å². The van der Waals surface area contributed by atoms with E-state index in [4.69, 9.17) is 11.5 Å². The molecule has 19 heavy (non-hydrogen) atoms. The highest BCUT2D eigenvalue weighted by Gasteiger charge is 2.42. The highest BCUT2D eigenvalue weighted by atomic mass is 16.4. The van der Waals surface area contributed by atoms with Gasteiger partial charge in [0.15, 0.2) is 11.5 Å². The van der Waals surface area contributed by atoms with Gasteiger partial charge in [0.1, 0.15) is 17.7 Å². The minimum Gasteiger partial charge on any atom is -0.390 e. The molecule has 0 amide bonds. The molecular weight excluding hydrogens is 252 g/mol. The quantitative estimate of drug-likeness (QED) is 0.397.